The van der Waals surface area contributed by atoms with E-state index in [-0.39, 0.29) is 11.5 Å². The van der Waals surface area contributed by atoms with Gasteiger partial charge in [-0.2, -0.15) is 0 Å². The van der Waals surface area contributed by atoms with Crippen molar-refractivity contribution in [3.05, 3.63) is 89.7 Å². The monoisotopic (exact) mass is 306 g/mol. The number of hydrogen-bond acceptors (Lipinski definition) is 2. The molecule has 0 saturated carbocycles. The van der Waals surface area contributed by atoms with Crippen LogP contribution in [0.15, 0.2) is 72.8 Å². The molecule has 0 heterocycles. The fourth-order valence-electron chi connectivity index (χ4n) is 2.41. The number of carbonyl (C=O) groups excluding carboxylic acids is 1. The van der Waals surface area contributed by atoms with Crippen molar-refractivity contribution in [2.75, 3.05) is 7.11 Å². The normalized spacial score (nSPS) is 10.3. The molecule has 3 aromatic carbocycles. The van der Waals surface area contributed by atoms with Gasteiger partial charge in [0.05, 0.1) is 7.11 Å². The van der Waals surface area contributed by atoms with Crippen LogP contribution >= 0.6 is 0 Å². The number of rotatable bonds is 4. The topological polar surface area (TPSA) is 26.3 Å². The van der Waals surface area contributed by atoms with E-state index in [1.165, 1.54) is 25.3 Å². The first-order valence-electron chi connectivity index (χ1n) is 7.23. The number of benzene rings is 3. The van der Waals surface area contributed by atoms with E-state index in [2.05, 4.69) is 0 Å². The molecule has 0 aromatic heterocycles. The van der Waals surface area contributed by atoms with E-state index < -0.39 is 5.82 Å². The van der Waals surface area contributed by atoms with Crippen molar-refractivity contribution in [3.8, 4) is 16.9 Å². The lowest BCUT2D eigenvalue weighted by Crippen LogP contribution is -2.02. The van der Waals surface area contributed by atoms with E-state index in [9.17, 15) is 9.18 Å². The summed E-state index contributed by atoms with van der Waals surface area (Å²) < 4.78 is 18.4. The van der Waals surface area contributed by atoms with Crippen LogP contribution in [0.4, 0.5) is 4.39 Å². The van der Waals surface area contributed by atoms with Crippen molar-refractivity contribution in [2.24, 2.45) is 0 Å². The molecule has 3 heteroatoms. The lowest BCUT2D eigenvalue weighted by atomic mass is 9.99. The highest BCUT2D eigenvalue weighted by atomic mass is 19.1. The Hall–Kier alpha value is -2.94. The Labute approximate surface area is 134 Å². The van der Waals surface area contributed by atoms with Gasteiger partial charge in [-0.3, -0.25) is 4.79 Å². The maximum atomic E-state index is 13.4. The van der Waals surface area contributed by atoms with Gasteiger partial charge in [-0.05, 0) is 29.3 Å². The summed E-state index contributed by atoms with van der Waals surface area (Å²) in [6.07, 6.45) is 0. The molecule has 0 atom stereocenters. The summed E-state index contributed by atoms with van der Waals surface area (Å²) in [6.45, 7) is 0. The standard InChI is InChI=1S/C20H15FO2/c1-23-19-13-17(11-12-18(19)21)20(22)16-9-7-15(8-10-16)14-5-3-2-4-6-14/h2-13H,1H3. The summed E-state index contributed by atoms with van der Waals surface area (Å²) in [6, 6.07) is 21.4. The van der Waals surface area contributed by atoms with E-state index in [4.69, 9.17) is 4.74 Å². The van der Waals surface area contributed by atoms with Gasteiger partial charge in [-0.25, -0.2) is 4.39 Å². The molecule has 23 heavy (non-hydrogen) atoms. The molecule has 0 aliphatic heterocycles. The summed E-state index contributed by atoms with van der Waals surface area (Å²) in [5.41, 5.74) is 3.09. The maximum absolute atomic E-state index is 13.4. The van der Waals surface area contributed by atoms with Gasteiger partial charge in [0.25, 0.3) is 0 Å². The quantitative estimate of drug-likeness (QED) is 0.651. The van der Waals surface area contributed by atoms with Crippen LogP contribution in [0.25, 0.3) is 11.1 Å². The summed E-state index contributed by atoms with van der Waals surface area (Å²) in [5.74, 6) is -0.580. The van der Waals surface area contributed by atoms with Crippen LogP contribution in [-0.2, 0) is 0 Å². The Morgan fingerprint density at radius 2 is 1.43 bits per heavy atom. The minimum atomic E-state index is -0.483. The van der Waals surface area contributed by atoms with Crippen LogP contribution in [0, 0.1) is 5.82 Å². The van der Waals surface area contributed by atoms with Gasteiger partial charge in [0.2, 0.25) is 0 Å². The van der Waals surface area contributed by atoms with Crippen LogP contribution in [0.5, 0.6) is 5.75 Å². The van der Waals surface area contributed by atoms with Gasteiger partial charge < -0.3 is 4.74 Å². The summed E-state index contributed by atoms with van der Waals surface area (Å²) in [5, 5.41) is 0. The molecule has 0 bridgehead atoms. The zero-order chi connectivity index (χ0) is 16.2. The molecular weight excluding hydrogens is 291 g/mol. The van der Waals surface area contributed by atoms with Gasteiger partial charge in [0.1, 0.15) is 0 Å². The second-order valence-corrected chi connectivity index (χ2v) is 5.12. The molecule has 0 N–H and O–H groups in total. The van der Waals surface area contributed by atoms with Gasteiger partial charge in [-0.1, -0.05) is 54.6 Å². The van der Waals surface area contributed by atoms with Gasteiger partial charge in [-0.15, -0.1) is 0 Å². The molecule has 0 fully saturated rings. The minimum Gasteiger partial charge on any atom is -0.494 e. The highest BCUT2D eigenvalue weighted by Gasteiger charge is 2.12. The van der Waals surface area contributed by atoms with E-state index >= 15 is 0 Å². The highest BCUT2D eigenvalue weighted by Crippen LogP contribution is 2.23. The Bertz CT molecular complexity index is 824. The average Bonchev–Trinajstić information content (AvgIpc) is 2.62. The number of methoxy groups -OCH3 is 1. The first-order valence-corrected chi connectivity index (χ1v) is 7.23. The van der Waals surface area contributed by atoms with Gasteiger partial charge in [0, 0.05) is 11.1 Å². The molecule has 2 nitrogen and oxygen atoms in total. The van der Waals surface area contributed by atoms with E-state index in [0.29, 0.717) is 11.1 Å². The van der Waals surface area contributed by atoms with Crippen LogP contribution < -0.4 is 4.74 Å². The van der Waals surface area contributed by atoms with Crippen molar-refractivity contribution < 1.29 is 13.9 Å². The van der Waals surface area contributed by atoms with Crippen LogP contribution in [-0.4, -0.2) is 12.9 Å². The van der Waals surface area contributed by atoms with Gasteiger partial charge >= 0.3 is 0 Å². The summed E-state index contributed by atoms with van der Waals surface area (Å²) in [7, 11) is 1.38. The number of halogens is 1. The number of carbonyl (C=O) groups is 1. The van der Waals surface area contributed by atoms with Crippen molar-refractivity contribution in [1.29, 1.82) is 0 Å². The van der Waals surface area contributed by atoms with Crippen molar-refractivity contribution >= 4 is 5.78 Å². The Morgan fingerprint density at radius 1 is 0.826 bits per heavy atom. The van der Waals surface area contributed by atoms with Crippen LogP contribution in [0.3, 0.4) is 0 Å². The number of ketones is 1. The molecule has 3 aromatic rings. The Morgan fingerprint density at radius 3 is 2.09 bits per heavy atom. The third-order valence-electron chi connectivity index (χ3n) is 3.67. The van der Waals surface area contributed by atoms with Crippen molar-refractivity contribution in [1.82, 2.24) is 0 Å². The molecule has 0 saturated heterocycles. The van der Waals surface area contributed by atoms with E-state index in [1.54, 1.807) is 12.1 Å². The minimum absolute atomic E-state index is 0.0664. The molecule has 3 rings (SSSR count). The molecule has 0 unspecified atom stereocenters. The van der Waals surface area contributed by atoms with Crippen LogP contribution in [0.2, 0.25) is 0 Å². The molecule has 0 spiro atoms. The number of ether oxygens (including phenoxy) is 1. The maximum Gasteiger partial charge on any atom is 0.193 e. The zero-order valence-corrected chi connectivity index (χ0v) is 12.6. The Kier molecular flexibility index (Phi) is 4.20. The van der Waals surface area contributed by atoms with Gasteiger partial charge in [0.15, 0.2) is 17.3 Å². The predicted octanol–water partition coefficient (Wildman–Crippen LogP) is 4.73. The van der Waals surface area contributed by atoms with Crippen molar-refractivity contribution in [3.63, 3.8) is 0 Å². The third-order valence-corrected chi connectivity index (χ3v) is 3.67. The molecular formula is C20H15FO2. The Balaban J connectivity index is 1.89. The molecule has 0 aliphatic rings. The molecule has 0 radical (unpaired) electrons. The van der Waals surface area contributed by atoms with Crippen LogP contribution in [0.1, 0.15) is 15.9 Å². The lowest BCUT2D eigenvalue weighted by Gasteiger charge is -2.06. The second-order valence-electron chi connectivity index (χ2n) is 5.12. The highest BCUT2D eigenvalue weighted by molar-refractivity contribution is 6.09. The largest absolute Gasteiger partial charge is 0.494 e. The number of hydrogen-bond donors (Lipinski definition) is 0. The smallest absolute Gasteiger partial charge is 0.193 e. The first kappa shape index (κ1) is 15.0. The fraction of sp³-hybridized carbons (Fsp3) is 0.0500. The fourth-order valence-corrected chi connectivity index (χ4v) is 2.41. The zero-order valence-electron chi connectivity index (χ0n) is 12.6. The second kappa shape index (κ2) is 6.44. The lowest BCUT2D eigenvalue weighted by molar-refractivity contribution is 0.103. The summed E-state index contributed by atoms with van der Waals surface area (Å²) in [4.78, 5) is 12.5. The first-order chi connectivity index (χ1) is 11.2. The third kappa shape index (κ3) is 3.14. The molecule has 0 amide bonds. The SMILES string of the molecule is COc1cc(C(=O)c2ccc(-c3ccccc3)cc2)ccc1F. The van der Waals surface area contributed by atoms with E-state index in [0.717, 1.165) is 11.1 Å². The molecule has 0 aliphatic carbocycles. The summed E-state index contributed by atoms with van der Waals surface area (Å²) >= 11 is 0. The van der Waals surface area contributed by atoms with E-state index in [1.807, 2.05) is 42.5 Å². The average molecular weight is 306 g/mol. The van der Waals surface area contributed by atoms with Crippen molar-refractivity contribution in [2.45, 2.75) is 0 Å². The predicted molar refractivity (Wildman–Crippen MR) is 88.3 cm³/mol. The molecule has 114 valence electrons.